The van der Waals surface area contributed by atoms with Crippen molar-refractivity contribution in [2.75, 3.05) is 4.90 Å². The number of Topliss-reactive ketones (excluding diaryl/α,β-unsaturated/α-hetero) is 1. The van der Waals surface area contributed by atoms with Crippen LogP contribution < -0.4 is 10.6 Å². The molecule has 0 bridgehead atoms. The highest BCUT2D eigenvalue weighted by atomic mass is 35.5. The summed E-state index contributed by atoms with van der Waals surface area (Å²) in [4.78, 5) is 26.8. The minimum atomic E-state index is -0.544. The fourth-order valence-corrected chi connectivity index (χ4v) is 5.58. The van der Waals surface area contributed by atoms with Crippen LogP contribution in [0.2, 0.25) is 5.02 Å². The molecule has 0 fully saturated rings. The third-order valence-corrected chi connectivity index (χ3v) is 7.14. The number of benzene rings is 1. The number of allylic oxidation sites excluding steroid dienone is 3. The second-order valence-electron chi connectivity index (χ2n) is 8.81. The van der Waals surface area contributed by atoms with Gasteiger partial charge in [0.1, 0.15) is 5.82 Å². The summed E-state index contributed by atoms with van der Waals surface area (Å²) in [6.07, 6.45) is 0.895. The summed E-state index contributed by atoms with van der Waals surface area (Å²) in [5.74, 6) is -0.392. The zero-order valence-electron chi connectivity index (χ0n) is 17.8. The molecule has 1 aliphatic carbocycles. The number of nitro benzene ring substituents is 1. The van der Waals surface area contributed by atoms with Gasteiger partial charge in [0, 0.05) is 34.7 Å². The maximum absolute atomic E-state index is 13.5. The number of thiophene rings is 1. The predicted molar refractivity (Wildman–Crippen MR) is 124 cm³/mol. The van der Waals surface area contributed by atoms with E-state index in [4.69, 9.17) is 17.3 Å². The van der Waals surface area contributed by atoms with Gasteiger partial charge in [-0.25, -0.2) is 0 Å². The minimum absolute atomic E-state index is 0.0323. The van der Waals surface area contributed by atoms with Crippen LogP contribution in [0.5, 0.6) is 0 Å². The molecule has 32 heavy (non-hydrogen) atoms. The zero-order chi connectivity index (χ0) is 23.4. The van der Waals surface area contributed by atoms with Gasteiger partial charge < -0.3 is 5.73 Å². The molecule has 2 heterocycles. The van der Waals surface area contributed by atoms with E-state index in [0.717, 1.165) is 10.4 Å². The van der Waals surface area contributed by atoms with E-state index in [-0.39, 0.29) is 33.3 Å². The van der Waals surface area contributed by atoms with Gasteiger partial charge in [0.05, 0.1) is 33.2 Å². The highest BCUT2D eigenvalue weighted by molar-refractivity contribution is 7.10. The van der Waals surface area contributed by atoms with Crippen LogP contribution in [0, 0.1) is 33.8 Å². The number of ketones is 1. The summed E-state index contributed by atoms with van der Waals surface area (Å²) >= 11 is 8.00. The summed E-state index contributed by atoms with van der Waals surface area (Å²) in [6.45, 7) is 5.98. The first-order valence-corrected chi connectivity index (χ1v) is 11.3. The van der Waals surface area contributed by atoms with Crippen LogP contribution in [-0.4, -0.2) is 10.7 Å². The number of non-ortho nitro benzene ring substituents is 1. The van der Waals surface area contributed by atoms with Crippen molar-refractivity contribution in [3.8, 4) is 6.07 Å². The average Bonchev–Trinajstić information content (AvgIpc) is 3.12. The molecule has 0 saturated carbocycles. The van der Waals surface area contributed by atoms with Gasteiger partial charge >= 0.3 is 0 Å². The lowest BCUT2D eigenvalue weighted by atomic mass is 9.68. The van der Waals surface area contributed by atoms with Crippen molar-refractivity contribution in [3.63, 3.8) is 0 Å². The SMILES string of the molecule is Cc1sccc1C1C(C#N)=C(N)N(c2ccc([N+](=O)[O-])cc2Cl)C2=C1C(=O)CC(C)(C)C2. The van der Waals surface area contributed by atoms with Gasteiger partial charge in [-0.15, -0.1) is 11.3 Å². The van der Waals surface area contributed by atoms with Crippen molar-refractivity contribution < 1.29 is 9.72 Å². The molecule has 4 rings (SSSR count). The lowest BCUT2D eigenvalue weighted by Gasteiger charge is -2.44. The van der Waals surface area contributed by atoms with Gasteiger partial charge in [-0.3, -0.25) is 19.8 Å². The molecular weight excluding hydrogens is 448 g/mol. The fourth-order valence-electron chi connectivity index (χ4n) is 4.58. The second kappa shape index (κ2) is 7.76. The Morgan fingerprint density at radius 3 is 2.62 bits per heavy atom. The number of nitro groups is 1. The standard InChI is InChI=1S/C23H21ClN4O3S/c1-12-14(6-7-32-12)20-15(11-25)22(26)27(17-5-4-13(28(30)31)8-16(17)24)18-9-23(2,3)10-19(29)21(18)20/h4-8,20H,9-10,26H2,1-3H3. The average molecular weight is 469 g/mol. The molecule has 2 N–H and O–H groups in total. The minimum Gasteiger partial charge on any atom is -0.384 e. The van der Waals surface area contributed by atoms with Crippen LogP contribution in [0.1, 0.15) is 43.0 Å². The number of nitrogens with two attached hydrogens (primary N) is 1. The monoisotopic (exact) mass is 468 g/mol. The largest absolute Gasteiger partial charge is 0.384 e. The van der Waals surface area contributed by atoms with Crippen LogP contribution in [-0.2, 0) is 4.79 Å². The van der Waals surface area contributed by atoms with Gasteiger partial charge in [0.25, 0.3) is 5.69 Å². The number of carbonyl (C=O) groups is 1. The molecule has 0 saturated heterocycles. The molecule has 1 aliphatic heterocycles. The third kappa shape index (κ3) is 3.48. The maximum Gasteiger partial charge on any atom is 0.271 e. The summed E-state index contributed by atoms with van der Waals surface area (Å²) in [5.41, 5.74) is 8.90. The number of rotatable bonds is 3. The van der Waals surface area contributed by atoms with Gasteiger partial charge in [0.2, 0.25) is 0 Å². The molecular formula is C23H21ClN4O3S. The van der Waals surface area contributed by atoms with Crippen molar-refractivity contribution in [1.29, 1.82) is 5.26 Å². The Balaban J connectivity index is 2.01. The van der Waals surface area contributed by atoms with E-state index >= 15 is 0 Å². The normalized spacial score (nSPS) is 20.3. The molecule has 0 radical (unpaired) electrons. The van der Waals surface area contributed by atoms with Crippen molar-refractivity contribution in [2.45, 2.75) is 39.5 Å². The Morgan fingerprint density at radius 1 is 1.34 bits per heavy atom. The van der Waals surface area contributed by atoms with E-state index < -0.39 is 10.8 Å². The van der Waals surface area contributed by atoms with Crippen LogP contribution >= 0.6 is 22.9 Å². The number of carbonyl (C=O) groups excluding carboxylic acids is 1. The number of aryl methyl sites for hydroxylation is 1. The number of nitriles is 1. The maximum atomic E-state index is 13.5. The summed E-state index contributed by atoms with van der Waals surface area (Å²) in [5, 5.41) is 23.3. The van der Waals surface area contributed by atoms with Gasteiger partial charge in [-0.1, -0.05) is 25.4 Å². The molecule has 0 amide bonds. The van der Waals surface area contributed by atoms with E-state index in [0.29, 0.717) is 29.8 Å². The highest BCUT2D eigenvalue weighted by Crippen LogP contribution is 2.51. The fraction of sp³-hybridized carbons (Fsp3) is 0.304. The molecule has 7 nitrogen and oxygen atoms in total. The molecule has 0 spiro atoms. The van der Waals surface area contributed by atoms with E-state index in [9.17, 15) is 20.2 Å². The number of hydrogen-bond donors (Lipinski definition) is 1. The Labute approximate surface area is 194 Å². The molecule has 2 aromatic rings. The topological polar surface area (TPSA) is 113 Å². The van der Waals surface area contributed by atoms with E-state index in [2.05, 4.69) is 6.07 Å². The van der Waals surface area contributed by atoms with Gasteiger partial charge in [-0.2, -0.15) is 5.26 Å². The first-order valence-electron chi connectivity index (χ1n) is 10.00. The Hall–Kier alpha value is -3.15. The summed E-state index contributed by atoms with van der Waals surface area (Å²) in [6, 6.07) is 8.25. The molecule has 1 atom stereocenters. The predicted octanol–water partition coefficient (Wildman–Crippen LogP) is 5.56. The van der Waals surface area contributed by atoms with Gasteiger partial charge in [-0.05, 0) is 41.8 Å². The molecule has 1 aromatic carbocycles. The van der Waals surface area contributed by atoms with Crippen LogP contribution in [0.15, 0.2) is 52.3 Å². The second-order valence-corrected chi connectivity index (χ2v) is 10.3. The van der Waals surface area contributed by atoms with Crippen LogP contribution in [0.3, 0.4) is 0 Å². The third-order valence-electron chi connectivity index (χ3n) is 5.97. The number of hydrogen-bond acceptors (Lipinski definition) is 7. The van der Waals surface area contributed by atoms with Crippen molar-refractivity contribution in [2.24, 2.45) is 11.1 Å². The molecule has 164 valence electrons. The van der Waals surface area contributed by atoms with E-state index in [1.807, 2.05) is 32.2 Å². The molecule has 1 unspecified atom stereocenters. The smallest absolute Gasteiger partial charge is 0.271 e. The van der Waals surface area contributed by atoms with Crippen molar-refractivity contribution in [3.05, 3.63) is 77.9 Å². The zero-order valence-corrected chi connectivity index (χ0v) is 19.4. The first-order chi connectivity index (χ1) is 15.1. The lowest BCUT2D eigenvalue weighted by molar-refractivity contribution is -0.384. The van der Waals surface area contributed by atoms with E-state index in [1.165, 1.54) is 18.2 Å². The Kier molecular flexibility index (Phi) is 5.35. The Bertz CT molecular complexity index is 1270. The number of anilines is 1. The number of halogens is 1. The quantitative estimate of drug-likeness (QED) is 0.466. The van der Waals surface area contributed by atoms with E-state index in [1.54, 1.807) is 16.2 Å². The van der Waals surface area contributed by atoms with Gasteiger partial charge in [0.15, 0.2) is 5.78 Å². The summed E-state index contributed by atoms with van der Waals surface area (Å²) in [7, 11) is 0. The van der Waals surface area contributed by atoms with Crippen molar-refractivity contribution >= 4 is 40.1 Å². The van der Waals surface area contributed by atoms with Crippen molar-refractivity contribution in [1.82, 2.24) is 0 Å². The molecule has 2 aliphatic rings. The highest BCUT2D eigenvalue weighted by Gasteiger charge is 2.45. The first kappa shape index (κ1) is 22.1. The summed E-state index contributed by atoms with van der Waals surface area (Å²) < 4.78 is 0. The molecule has 1 aromatic heterocycles. The Morgan fingerprint density at radius 2 is 2.06 bits per heavy atom. The molecule has 9 heteroatoms. The lowest BCUT2D eigenvalue weighted by Crippen LogP contribution is -2.42. The van der Waals surface area contributed by atoms with Crippen LogP contribution in [0.25, 0.3) is 0 Å². The number of nitrogens with zero attached hydrogens (tertiary/aromatic N) is 3. The van der Waals surface area contributed by atoms with Crippen LogP contribution in [0.4, 0.5) is 11.4 Å².